The number of hydrogen-bond acceptors (Lipinski definition) is 11. The summed E-state index contributed by atoms with van der Waals surface area (Å²) in [4.78, 5) is 43.7. The number of ether oxygens (including phenoxy) is 5. The fourth-order valence-electron chi connectivity index (χ4n) is 2.67. The van der Waals surface area contributed by atoms with Crippen LogP contribution in [0.5, 0.6) is 0 Å². The molecule has 1 aliphatic rings. The molecule has 0 radical (unpaired) electrons. The zero-order valence-corrected chi connectivity index (χ0v) is 20.3. The molecule has 1 N–H and O–H groups in total. The smallest absolute Gasteiger partial charge is 0.335 e. The molecular weight excluding hydrogens is 450 g/mol. The number of aliphatic imine (C=N–C) groups is 1. The van der Waals surface area contributed by atoms with Gasteiger partial charge in [0.2, 0.25) is 0 Å². The Kier molecular flexibility index (Phi) is 17.8. The van der Waals surface area contributed by atoms with Crippen LogP contribution in [-0.4, -0.2) is 101 Å². The van der Waals surface area contributed by atoms with Gasteiger partial charge in [-0.15, -0.1) is 5.06 Å². The number of nitrogens with zero attached hydrogens (tertiary/aromatic N) is 2. The van der Waals surface area contributed by atoms with Crippen LogP contribution in [0.15, 0.2) is 4.99 Å². The van der Waals surface area contributed by atoms with Crippen LogP contribution in [0.4, 0.5) is 0 Å². The summed E-state index contributed by atoms with van der Waals surface area (Å²) >= 11 is 0. The first-order valence-corrected chi connectivity index (χ1v) is 11.8. The molecule has 0 aromatic carbocycles. The first kappa shape index (κ1) is 29.9. The molecule has 1 atom stereocenters. The molecule has 2 amide bonds. The number of rotatable bonds is 22. The SMILES string of the molecule is CCOC=NCCCOCC(COCCC(=O)ON1C(=O)CCC1=O)OCCCNCOCC. The Morgan fingerprint density at radius 1 is 1.03 bits per heavy atom. The van der Waals surface area contributed by atoms with Crippen molar-refractivity contribution in [3.05, 3.63) is 0 Å². The molecule has 1 saturated heterocycles. The van der Waals surface area contributed by atoms with Crippen LogP contribution < -0.4 is 5.32 Å². The van der Waals surface area contributed by atoms with Crippen molar-refractivity contribution in [1.29, 1.82) is 0 Å². The van der Waals surface area contributed by atoms with Gasteiger partial charge in [-0.2, -0.15) is 0 Å². The summed E-state index contributed by atoms with van der Waals surface area (Å²) in [5.74, 6) is -1.72. The van der Waals surface area contributed by atoms with Crippen LogP contribution in [0, 0.1) is 0 Å². The lowest BCUT2D eigenvalue weighted by Crippen LogP contribution is -2.32. The minimum Gasteiger partial charge on any atom is -0.484 e. The molecule has 1 aliphatic heterocycles. The monoisotopic (exact) mass is 489 g/mol. The molecule has 0 spiro atoms. The van der Waals surface area contributed by atoms with E-state index in [1.165, 1.54) is 6.40 Å². The Balaban J connectivity index is 2.25. The third-order valence-electron chi connectivity index (χ3n) is 4.41. The third-order valence-corrected chi connectivity index (χ3v) is 4.41. The van der Waals surface area contributed by atoms with E-state index in [0.717, 1.165) is 19.4 Å². The predicted molar refractivity (Wildman–Crippen MR) is 122 cm³/mol. The van der Waals surface area contributed by atoms with E-state index >= 15 is 0 Å². The van der Waals surface area contributed by atoms with Crippen molar-refractivity contribution in [3.8, 4) is 0 Å². The van der Waals surface area contributed by atoms with Gasteiger partial charge in [0.15, 0.2) is 6.40 Å². The Bertz CT molecular complexity index is 588. The second kappa shape index (κ2) is 20.3. The molecular formula is C22H39N3O9. The molecule has 0 aromatic rings. The molecule has 0 bridgehead atoms. The largest absolute Gasteiger partial charge is 0.484 e. The maximum atomic E-state index is 11.9. The number of amides is 2. The van der Waals surface area contributed by atoms with Gasteiger partial charge in [-0.1, -0.05) is 0 Å². The van der Waals surface area contributed by atoms with Crippen LogP contribution >= 0.6 is 0 Å². The summed E-state index contributed by atoms with van der Waals surface area (Å²) in [7, 11) is 0. The maximum absolute atomic E-state index is 11.9. The first-order valence-electron chi connectivity index (χ1n) is 11.8. The van der Waals surface area contributed by atoms with Crippen LogP contribution in [0.2, 0.25) is 0 Å². The summed E-state index contributed by atoms with van der Waals surface area (Å²) in [6.07, 6.45) is 2.70. The van der Waals surface area contributed by atoms with Gasteiger partial charge in [-0.3, -0.25) is 19.9 Å². The number of hydrogen-bond donors (Lipinski definition) is 1. The van der Waals surface area contributed by atoms with Crippen molar-refractivity contribution in [2.45, 2.75) is 52.1 Å². The molecule has 34 heavy (non-hydrogen) atoms. The molecule has 1 heterocycles. The molecule has 1 unspecified atom stereocenters. The van der Waals surface area contributed by atoms with E-state index in [1.54, 1.807) is 0 Å². The number of imide groups is 1. The second-order valence-corrected chi connectivity index (χ2v) is 7.25. The summed E-state index contributed by atoms with van der Waals surface area (Å²) in [5, 5.41) is 3.68. The number of carbonyl (C=O) groups excluding carboxylic acids is 3. The minimum atomic E-state index is -0.703. The number of hydroxylamine groups is 2. The maximum Gasteiger partial charge on any atom is 0.335 e. The zero-order valence-electron chi connectivity index (χ0n) is 20.3. The standard InChI is InChI=1S/C22H39N3O9/c1-3-29-17-23-10-5-12-31-15-19(33-13-6-11-24-18-30-4-2)16-32-14-9-22(28)34-25-20(26)7-8-21(25)27/h17,19,24H,3-16,18H2,1-2H3. The van der Waals surface area contributed by atoms with Gasteiger partial charge < -0.3 is 28.5 Å². The van der Waals surface area contributed by atoms with Gasteiger partial charge in [-0.05, 0) is 33.2 Å². The molecule has 1 fully saturated rings. The summed E-state index contributed by atoms with van der Waals surface area (Å²) in [6.45, 7) is 8.61. The van der Waals surface area contributed by atoms with Gasteiger partial charge in [0, 0.05) is 39.2 Å². The van der Waals surface area contributed by atoms with E-state index in [4.69, 9.17) is 28.5 Å². The molecule has 196 valence electrons. The van der Waals surface area contributed by atoms with Crippen molar-refractivity contribution >= 4 is 24.2 Å². The van der Waals surface area contributed by atoms with E-state index in [2.05, 4.69) is 10.3 Å². The van der Waals surface area contributed by atoms with Gasteiger partial charge in [-0.25, -0.2) is 4.79 Å². The molecule has 12 heteroatoms. The van der Waals surface area contributed by atoms with Crippen molar-refractivity contribution in [2.24, 2.45) is 4.99 Å². The average molecular weight is 490 g/mol. The Hall–Kier alpha value is -2.12. The van der Waals surface area contributed by atoms with Crippen molar-refractivity contribution in [1.82, 2.24) is 10.4 Å². The van der Waals surface area contributed by atoms with Gasteiger partial charge in [0.05, 0.1) is 39.6 Å². The van der Waals surface area contributed by atoms with E-state index in [-0.39, 0.29) is 38.6 Å². The first-order chi connectivity index (χ1) is 16.6. The van der Waals surface area contributed by atoms with Crippen LogP contribution in [0.1, 0.15) is 46.0 Å². The third kappa shape index (κ3) is 14.9. The Morgan fingerprint density at radius 3 is 2.47 bits per heavy atom. The Labute approximate surface area is 201 Å². The van der Waals surface area contributed by atoms with Crippen LogP contribution in [0.3, 0.4) is 0 Å². The molecule has 12 nitrogen and oxygen atoms in total. The van der Waals surface area contributed by atoms with E-state index < -0.39 is 17.8 Å². The molecule has 0 saturated carbocycles. The van der Waals surface area contributed by atoms with E-state index in [1.807, 2.05) is 13.8 Å². The van der Waals surface area contributed by atoms with Crippen molar-refractivity contribution < 1.29 is 42.9 Å². The summed E-state index contributed by atoms with van der Waals surface area (Å²) in [5.41, 5.74) is 0. The van der Waals surface area contributed by atoms with E-state index in [0.29, 0.717) is 51.4 Å². The fourth-order valence-corrected chi connectivity index (χ4v) is 2.67. The number of nitrogens with one attached hydrogen (secondary N) is 1. The predicted octanol–water partition coefficient (Wildman–Crippen LogP) is 0.831. The quantitative estimate of drug-likeness (QED) is 0.0766. The normalized spacial score (nSPS) is 14.8. The molecule has 0 aliphatic carbocycles. The lowest BCUT2D eigenvalue weighted by atomic mass is 10.3. The minimum absolute atomic E-state index is 0.0572. The number of carbonyl (C=O) groups is 3. The lowest BCUT2D eigenvalue weighted by Gasteiger charge is -2.18. The topological polar surface area (TPSA) is 134 Å². The highest BCUT2D eigenvalue weighted by molar-refractivity contribution is 6.01. The Morgan fingerprint density at radius 2 is 1.76 bits per heavy atom. The average Bonchev–Trinajstić information content (AvgIpc) is 3.14. The van der Waals surface area contributed by atoms with Crippen molar-refractivity contribution in [2.75, 3.05) is 66.1 Å². The molecule has 1 rings (SSSR count). The second-order valence-electron chi connectivity index (χ2n) is 7.25. The van der Waals surface area contributed by atoms with Crippen LogP contribution in [0.25, 0.3) is 0 Å². The van der Waals surface area contributed by atoms with E-state index in [9.17, 15) is 14.4 Å². The van der Waals surface area contributed by atoms with Gasteiger partial charge >= 0.3 is 5.97 Å². The zero-order chi connectivity index (χ0) is 24.9. The summed E-state index contributed by atoms with van der Waals surface area (Å²) in [6, 6.07) is 0. The highest BCUT2D eigenvalue weighted by Gasteiger charge is 2.32. The highest BCUT2D eigenvalue weighted by atomic mass is 16.7. The highest BCUT2D eigenvalue weighted by Crippen LogP contribution is 2.12. The van der Waals surface area contributed by atoms with Crippen molar-refractivity contribution in [3.63, 3.8) is 0 Å². The molecule has 0 aromatic heterocycles. The fraction of sp³-hybridized carbons (Fsp3) is 0.818. The lowest BCUT2D eigenvalue weighted by molar-refractivity contribution is -0.198. The van der Waals surface area contributed by atoms with Gasteiger partial charge in [0.25, 0.3) is 11.8 Å². The van der Waals surface area contributed by atoms with Crippen LogP contribution in [-0.2, 0) is 42.9 Å². The summed E-state index contributed by atoms with van der Waals surface area (Å²) < 4.78 is 27.3. The van der Waals surface area contributed by atoms with Gasteiger partial charge in [0.1, 0.15) is 6.10 Å².